The molecule has 1 N–H and O–H groups in total. The van der Waals surface area contributed by atoms with Gasteiger partial charge in [0.1, 0.15) is 0 Å². The fourth-order valence-corrected chi connectivity index (χ4v) is 2.99. The summed E-state index contributed by atoms with van der Waals surface area (Å²) in [5.41, 5.74) is 1.19. The van der Waals surface area contributed by atoms with E-state index in [1.165, 1.54) is 4.57 Å². The van der Waals surface area contributed by atoms with Gasteiger partial charge in [0, 0.05) is 19.3 Å². The summed E-state index contributed by atoms with van der Waals surface area (Å²) in [4.78, 5) is 29.1. The van der Waals surface area contributed by atoms with E-state index in [9.17, 15) is 9.59 Å². The zero-order valence-corrected chi connectivity index (χ0v) is 12.8. The van der Waals surface area contributed by atoms with Gasteiger partial charge in [0.05, 0.1) is 5.69 Å². The van der Waals surface area contributed by atoms with E-state index >= 15 is 0 Å². The number of piperidine rings is 1. The summed E-state index contributed by atoms with van der Waals surface area (Å²) in [5, 5.41) is 0. The third-order valence-electron chi connectivity index (χ3n) is 4.47. The van der Waals surface area contributed by atoms with Crippen molar-refractivity contribution in [2.75, 3.05) is 13.1 Å². The summed E-state index contributed by atoms with van der Waals surface area (Å²) in [6, 6.07) is 9.32. The molecule has 0 saturated carbocycles. The number of carbonyl (C=O) groups excluding carboxylic acids is 1. The Balaban J connectivity index is 1.79. The summed E-state index contributed by atoms with van der Waals surface area (Å²) in [7, 11) is 0. The lowest BCUT2D eigenvalue weighted by atomic mass is 9.95. The first-order valence-corrected chi connectivity index (χ1v) is 7.85. The molecular weight excluding hydrogens is 278 g/mol. The summed E-state index contributed by atoms with van der Waals surface area (Å²) >= 11 is 0. The SMILES string of the molecule is CCC1CCN(C(=O)n2cc(-c3ccccc3)[nH]c2=O)CC1. The molecule has 1 saturated heterocycles. The number of aromatic amines is 1. The van der Waals surface area contributed by atoms with Crippen LogP contribution in [0.25, 0.3) is 11.3 Å². The van der Waals surface area contributed by atoms with Crippen LogP contribution in [0.5, 0.6) is 0 Å². The number of imidazole rings is 1. The van der Waals surface area contributed by atoms with Gasteiger partial charge in [-0.1, -0.05) is 43.7 Å². The van der Waals surface area contributed by atoms with Gasteiger partial charge in [0.15, 0.2) is 0 Å². The summed E-state index contributed by atoms with van der Waals surface area (Å²) in [6.45, 7) is 3.65. The Hall–Kier alpha value is -2.30. The van der Waals surface area contributed by atoms with Crippen molar-refractivity contribution in [3.63, 3.8) is 0 Å². The van der Waals surface area contributed by atoms with Crippen LogP contribution in [0.2, 0.25) is 0 Å². The first-order chi connectivity index (χ1) is 10.7. The second kappa shape index (κ2) is 6.22. The van der Waals surface area contributed by atoms with E-state index in [2.05, 4.69) is 11.9 Å². The predicted molar refractivity (Wildman–Crippen MR) is 85.9 cm³/mol. The van der Waals surface area contributed by atoms with Gasteiger partial charge in [0.2, 0.25) is 0 Å². The molecule has 0 atom stereocenters. The van der Waals surface area contributed by atoms with Gasteiger partial charge in [-0.25, -0.2) is 14.2 Å². The first kappa shape index (κ1) is 14.6. The van der Waals surface area contributed by atoms with Crippen LogP contribution in [0.1, 0.15) is 26.2 Å². The molecule has 5 heteroatoms. The maximum absolute atomic E-state index is 12.5. The van der Waals surface area contributed by atoms with Crippen LogP contribution in [0.15, 0.2) is 41.3 Å². The number of amides is 1. The number of rotatable bonds is 2. The fraction of sp³-hybridized carbons (Fsp3) is 0.412. The number of hydrogen-bond donors (Lipinski definition) is 1. The lowest BCUT2D eigenvalue weighted by Gasteiger charge is -2.31. The van der Waals surface area contributed by atoms with Gasteiger partial charge in [-0.3, -0.25) is 0 Å². The smallest absolute Gasteiger partial charge is 0.324 e. The number of likely N-dealkylation sites (tertiary alicyclic amines) is 1. The topological polar surface area (TPSA) is 58.1 Å². The van der Waals surface area contributed by atoms with Crippen LogP contribution in [-0.4, -0.2) is 33.6 Å². The minimum Gasteiger partial charge on any atom is -0.324 e. The van der Waals surface area contributed by atoms with Gasteiger partial charge >= 0.3 is 11.7 Å². The van der Waals surface area contributed by atoms with Crippen LogP contribution >= 0.6 is 0 Å². The van der Waals surface area contributed by atoms with Crippen LogP contribution in [0.3, 0.4) is 0 Å². The molecule has 22 heavy (non-hydrogen) atoms. The van der Waals surface area contributed by atoms with Gasteiger partial charge < -0.3 is 9.88 Å². The molecule has 0 radical (unpaired) electrons. The van der Waals surface area contributed by atoms with Crippen LogP contribution in [0, 0.1) is 5.92 Å². The van der Waals surface area contributed by atoms with E-state index in [1.54, 1.807) is 11.1 Å². The third kappa shape index (κ3) is 2.84. The minimum atomic E-state index is -0.374. The van der Waals surface area contributed by atoms with Crippen molar-refractivity contribution in [1.82, 2.24) is 14.5 Å². The Morgan fingerprint density at radius 3 is 2.55 bits per heavy atom. The average molecular weight is 299 g/mol. The van der Waals surface area contributed by atoms with Gasteiger partial charge in [-0.05, 0) is 24.3 Å². The summed E-state index contributed by atoms with van der Waals surface area (Å²) in [6.07, 6.45) is 4.80. The zero-order valence-electron chi connectivity index (χ0n) is 12.8. The fourth-order valence-electron chi connectivity index (χ4n) is 2.99. The highest BCUT2D eigenvalue weighted by Gasteiger charge is 2.24. The maximum atomic E-state index is 12.5. The number of carbonyl (C=O) groups is 1. The molecule has 2 aromatic rings. The van der Waals surface area contributed by atoms with Crippen molar-refractivity contribution in [3.05, 3.63) is 47.0 Å². The van der Waals surface area contributed by atoms with Crippen molar-refractivity contribution in [3.8, 4) is 11.3 Å². The highest BCUT2D eigenvalue weighted by molar-refractivity contribution is 5.78. The van der Waals surface area contributed by atoms with E-state index < -0.39 is 0 Å². The molecule has 3 rings (SSSR count). The monoisotopic (exact) mass is 299 g/mol. The second-order valence-electron chi connectivity index (χ2n) is 5.83. The first-order valence-electron chi connectivity index (χ1n) is 7.85. The minimum absolute atomic E-state index is 0.224. The Bertz CT molecular complexity index is 694. The normalized spacial score (nSPS) is 16.0. The zero-order chi connectivity index (χ0) is 15.5. The largest absolute Gasteiger partial charge is 0.334 e. The van der Waals surface area contributed by atoms with Crippen LogP contribution in [-0.2, 0) is 0 Å². The van der Waals surface area contributed by atoms with E-state index in [-0.39, 0.29) is 11.7 Å². The van der Waals surface area contributed by atoms with Crippen molar-refractivity contribution in [1.29, 1.82) is 0 Å². The third-order valence-corrected chi connectivity index (χ3v) is 4.47. The summed E-state index contributed by atoms with van der Waals surface area (Å²) < 4.78 is 1.19. The molecule has 5 nitrogen and oxygen atoms in total. The number of aromatic nitrogens is 2. The molecule has 2 heterocycles. The predicted octanol–water partition coefficient (Wildman–Crippen LogP) is 2.93. The summed E-state index contributed by atoms with van der Waals surface area (Å²) in [5.74, 6) is 0.701. The van der Waals surface area contributed by atoms with Gasteiger partial charge in [-0.2, -0.15) is 0 Å². The van der Waals surface area contributed by atoms with Crippen molar-refractivity contribution >= 4 is 6.03 Å². The lowest BCUT2D eigenvalue weighted by Crippen LogP contribution is -2.43. The molecule has 0 unspecified atom stereocenters. The van der Waals surface area contributed by atoms with E-state index in [1.807, 2.05) is 30.3 Å². The quantitative estimate of drug-likeness (QED) is 0.927. The van der Waals surface area contributed by atoms with Crippen molar-refractivity contribution in [2.24, 2.45) is 5.92 Å². The molecular formula is C17H21N3O2. The van der Waals surface area contributed by atoms with Gasteiger partial charge in [-0.15, -0.1) is 0 Å². The van der Waals surface area contributed by atoms with Crippen molar-refractivity contribution in [2.45, 2.75) is 26.2 Å². The molecule has 1 aromatic heterocycles. The highest BCUT2D eigenvalue weighted by atomic mass is 16.2. The molecule has 1 fully saturated rings. The number of benzene rings is 1. The Morgan fingerprint density at radius 2 is 1.91 bits per heavy atom. The highest BCUT2D eigenvalue weighted by Crippen LogP contribution is 2.21. The van der Waals surface area contributed by atoms with E-state index in [4.69, 9.17) is 0 Å². The maximum Gasteiger partial charge on any atom is 0.334 e. The lowest BCUT2D eigenvalue weighted by molar-refractivity contribution is 0.170. The molecule has 0 spiro atoms. The molecule has 1 aliphatic rings. The Kier molecular flexibility index (Phi) is 4.13. The van der Waals surface area contributed by atoms with E-state index in [0.29, 0.717) is 11.6 Å². The van der Waals surface area contributed by atoms with Crippen LogP contribution < -0.4 is 5.69 Å². The number of nitrogens with one attached hydrogen (secondary N) is 1. The van der Waals surface area contributed by atoms with E-state index in [0.717, 1.165) is 37.9 Å². The average Bonchev–Trinajstić information content (AvgIpc) is 2.97. The van der Waals surface area contributed by atoms with Crippen molar-refractivity contribution < 1.29 is 4.79 Å². The second-order valence-corrected chi connectivity index (χ2v) is 5.83. The van der Waals surface area contributed by atoms with Gasteiger partial charge in [0.25, 0.3) is 0 Å². The Labute approximate surface area is 129 Å². The van der Waals surface area contributed by atoms with Crippen LogP contribution in [0.4, 0.5) is 4.79 Å². The molecule has 0 bridgehead atoms. The standard InChI is InChI=1S/C17H21N3O2/c1-2-13-8-10-19(11-9-13)17(22)20-12-15(18-16(20)21)14-6-4-3-5-7-14/h3-7,12-13H,2,8-11H2,1H3,(H,18,21). The molecule has 0 aliphatic carbocycles. The number of H-pyrrole nitrogens is 1. The number of nitrogens with zero attached hydrogens (tertiary/aromatic N) is 2. The molecule has 116 valence electrons. The molecule has 1 aliphatic heterocycles. The molecule has 1 aromatic carbocycles. The molecule has 1 amide bonds. The number of hydrogen-bond acceptors (Lipinski definition) is 2. The Morgan fingerprint density at radius 1 is 1.23 bits per heavy atom.